The van der Waals surface area contributed by atoms with Crippen LogP contribution >= 0.6 is 0 Å². The predicted molar refractivity (Wildman–Crippen MR) is 83.6 cm³/mol. The second-order valence-corrected chi connectivity index (χ2v) is 6.29. The molecule has 0 aliphatic heterocycles. The van der Waals surface area contributed by atoms with Gasteiger partial charge in [-0.1, -0.05) is 19.9 Å². The Morgan fingerprint density at radius 3 is 2.38 bits per heavy atom. The molecule has 1 aliphatic rings. The number of methoxy groups -OCH3 is 1. The second-order valence-electron chi connectivity index (χ2n) is 6.29. The molecule has 4 nitrogen and oxygen atoms in total. The minimum absolute atomic E-state index is 0.249. The molecule has 0 amide bonds. The molecular weight excluding hydrogens is 267 g/mol. The van der Waals surface area contributed by atoms with Crippen molar-refractivity contribution in [3.05, 3.63) is 23.8 Å². The lowest BCUT2D eigenvalue weighted by atomic mass is 9.77. The molecule has 2 atom stereocenters. The molecule has 116 valence electrons. The maximum atomic E-state index is 9.45. The quantitative estimate of drug-likeness (QED) is 0.811. The van der Waals surface area contributed by atoms with Crippen LogP contribution in [0.4, 0.5) is 0 Å². The zero-order chi connectivity index (χ0) is 15.4. The van der Waals surface area contributed by atoms with Gasteiger partial charge < -0.3 is 19.5 Å². The van der Waals surface area contributed by atoms with Gasteiger partial charge >= 0.3 is 7.12 Å². The highest BCUT2D eigenvalue weighted by Gasteiger charge is 2.25. The smallest absolute Gasteiger partial charge is 0.488 e. The van der Waals surface area contributed by atoms with Crippen molar-refractivity contribution in [1.82, 2.24) is 0 Å². The van der Waals surface area contributed by atoms with Crippen molar-refractivity contribution in [1.29, 1.82) is 0 Å². The maximum absolute atomic E-state index is 9.45. The van der Waals surface area contributed by atoms with Crippen LogP contribution in [0.15, 0.2) is 18.2 Å². The van der Waals surface area contributed by atoms with Crippen LogP contribution in [0.2, 0.25) is 0 Å². The Labute approximate surface area is 127 Å². The molecule has 1 aromatic rings. The average molecular weight is 292 g/mol. The molecule has 1 aromatic carbocycles. The van der Waals surface area contributed by atoms with Gasteiger partial charge in [0, 0.05) is 0 Å². The molecule has 2 unspecified atom stereocenters. The molecule has 0 radical (unpaired) electrons. The van der Waals surface area contributed by atoms with Crippen molar-refractivity contribution >= 4 is 12.6 Å². The molecule has 5 heteroatoms. The first-order chi connectivity index (χ1) is 9.99. The summed E-state index contributed by atoms with van der Waals surface area (Å²) in [5.74, 6) is 2.07. The fourth-order valence-corrected chi connectivity index (χ4v) is 3.30. The third kappa shape index (κ3) is 4.46. The number of benzene rings is 1. The first kappa shape index (κ1) is 16.3. The summed E-state index contributed by atoms with van der Waals surface area (Å²) in [6.45, 7) is 4.91. The first-order valence-electron chi connectivity index (χ1n) is 7.64. The predicted octanol–water partition coefficient (Wildman–Crippen LogP) is 1.72. The summed E-state index contributed by atoms with van der Waals surface area (Å²) in [7, 11) is 0.109. The van der Waals surface area contributed by atoms with E-state index in [4.69, 9.17) is 9.47 Å². The fourth-order valence-electron chi connectivity index (χ4n) is 3.30. The molecule has 21 heavy (non-hydrogen) atoms. The summed E-state index contributed by atoms with van der Waals surface area (Å²) < 4.78 is 11.2. The van der Waals surface area contributed by atoms with E-state index in [1.807, 2.05) is 6.07 Å². The molecule has 2 rings (SSSR count). The fraction of sp³-hybridized carbons (Fsp3) is 0.625. The summed E-state index contributed by atoms with van der Waals surface area (Å²) in [6, 6.07) is 5.21. The van der Waals surface area contributed by atoms with E-state index in [9.17, 15) is 10.0 Å². The first-order valence-corrected chi connectivity index (χ1v) is 7.64. The highest BCUT2D eigenvalue weighted by atomic mass is 16.5. The summed E-state index contributed by atoms with van der Waals surface area (Å²) in [4.78, 5) is 0. The molecular formula is C16H25BO4. The third-order valence-electron chi connectivity index (χ3n) is 4.24. The van der Waals surface area contributed by atoms with Crippen LogP contribution in [0.25, 0.3) is 0 Å². The number of rotatable bonds is 5. The minimum Gasteiger partial charge on any atom is -0.497 e. The van der Waals surface area contributed by atoms with E-state index in [1.165, 1.54) is 6.42 Å². The SMILES string of the molecule is COc1ccc(B(O)O)c(COC2CC(C)CC(C)C2)c1. The van der Waals surface area contributed by atoms with Crippen molar-refractivity contribution in [3.63, 3.8) is 0 Å². The monoisotopic (exact) mass is 292 g/mol. The van der Waals surface area contributed by atoms with E-state index in [0.717, 1.165) is 18.4 Å². The molecule has 1 saturated carbocycles. The largest absolute Gasteiger partial charge is 0.497 e. The van der Waals surface area contributed by atoms with Crippen LogP contribution in [0.3, 0.4) is 0 Å². The van der Waals surface area contributed by atoms with Crippen LogP contribution < -0.4 is 10.2 Å². The van der Waals surface area contributed by atoms with E-state index in [2.05, 4.69) is 13.8 Å². The van der Waals surface area contributed by atoms with Gasteiger partial charge in [0.05, 0.1) is 19.8 Å². The summed E-state index contributed by atoms with van der Waals surface area (Å²) in [5.41, 5.74) is 1.25. The lowest BCUT2D eigenvalue weighted by Crippen LogP contribution is -2.34. The number of hydrogen-bond acceptors (Lipinski definition) is 4. The van der Waals surface area contributed by atoms with E-state index >= 15 is 0 Å². The Balaban J connectivity index is 2.04. The number of ether oxygens (including phenoxy) is 2. The highest BCUT2D eigenvalue weighted by Crippen LogP contribution is 2.30. The average Bonchev–Trinajstić information content (AvgIpc) is 2.43. The van der Waals surface area contributed by atoms with Gasteiger partial charge in [0.25, 0.3) is 0 Å². The van der Waals surface area contributed by atoms with E-state index in [-0.39, 0.29) is 6.10 Å². The topological polar surface area (TPSA) is 58.9 Å². The van der Waals surface area contributed by atoms with Crippen LogP contribution in [0.1, 0.15) is 38.7 Å². The molecule has 0 heterocycles. The highest BCUT2D eigenvalue weighted by molar-refractivity contribution is 6.59. The zero-order valence-electron chi connectivity index (χ0n) is 13.1. The third-order valence-corrected chi connectivity index (χ3v) is 4.24. The van der Waals surface area contributed by atoms with Crippen molar-refractivity contribution in [2.45, 2.75) is 45.8 Å². The Bertz CT molecular complexity index is 454. The summed E-state index contributed by atoms with van der Waals surface area (Å²) in [6.07, 6.45) is 3.66. The van der Waals surface area contributed by atoms with Crippen molar-refractivity contribution in [2.24, 2.45) is 11.8 Å². The van der Waals surface area contributed by atoms with Crippen molar-refractivity contribution in [2.75, 3.05) is 7.11 Å². The molecule has 0 aromatic heterocycles. The lowest BCUT2D eigenvalue weighted by molar-refractivity contribution is -0.00897. The van der Waals surface area contributed by atoms with E-state index < -0.39 is 7.12 Å². The van der Waals surface area contributed by atoms with Gasteiger partial charge in [-0.15, -0.1) is 0 Å². The standard InChI is InChI=1S/C16H25BO4/c1-11-6-12(2)8-15(7-11)21-10-13-9-14(20-3)4-5-16(13)17(18)19/h4-5,9,11-12,15,18-19H,6-8,10H2,1-3H3. The summed E-state index contributed by atoms with van der Waals surface area (Å²) >= 11 is 0. The van der Waals surface area contributed by atoms with Crippen LogP contribution in [-0.4, -0.2) is 30.4 Å². The van der Waals surface area contributed by atoms with Gasteiger partial charge in [0.15, 0.2) is 0 Å². The van der Waals surface area contributed by atoms with E-state index in [0.29, 0.717) is 29.7 Å². The molecule has 2 N–H and O–H groups in total. The van der Waals surface area contributed by atoms with Gasteiger partial charge in [-0.05, 0) is 54.3 Å². The Hall–Kier alpha value is -1.04. The van der Waals surface area contributed by atoms with Gasteiger partial charge in [-0.2, -0.15) is 0 Å². The van der Waals surface area contributed by atoms with Crippen LogP contribution in [0, 0.1) is 11.8 Å². The molecule has 1 fully saturated rings. The minimum atomic E-state index is -1.49. The van der Waals surface area contributed by atoms with E-state index in [1.54, 1.807) is 19.2 Å². The van der Waals surface area contributed by atoms with Gasteiger partial charge in [0.1, 0.15) is 5.75 Å². The molecule has 0 saturated heterocycles. The molecule has 0 bridgehead atoms. The van der Waals surface area contributed by atoms with Crippen molar-refractivity contribution < 1.29 is 19.5 Å². The number of hydrogen-bond donors (Lipinski definition) is 2. The molecule has 1 aliphatic carbocycles. The second kappa shape index (κ2) is 7.30. The Morgan fingerprint density at radius 1 is 1.14 bits per heavy atom. The van der Waals surface area contributed by atoms with Gasteiger partial charge in [-0.25, -0.2) is 0 Å². The Kier molecular flexibility index (Phi) is 5.68. The molecule has 0 spiro atoms. The van der Waals surface area contributed by atoms with Gasteiger partial charge in [0.2, 0.25) is 0 Å². The van der Waals surface area contributed by atoms with Crippen LogP contribution in [0.5, 0.6) is 5.75 Å². The van der Waals surface area contributed by atoms with Crippen LogP contribution in [-0.2, 0) is 11.3 Å². The maximum Gasteiger partial charge on any atom is 0.488 e. The summed E-state index contributed by atoms with van der Waals surface area (Å²) in [5, 5.41) is 18.9. The van der Waals surface area contributed by atoms with Gasteiger partial charge in [-0.3, -0.25) is 0 Å². The van der Waals surface area contributed by atoms with Crippen molar-refractivity contribution in [3.8, 4) is 5.75 Å². The Morgan fingerprint density at radius 2 is 1.81 bits per heavy atom. The zero-order valence-corrected chi connectivity index (χ0v) is 13.1. The normalized spacial score (nSPS) is 25.7. The lowest BCUT2D eigenvalue weighted by Gasteiger charge is -2.31.